The molecule has 0 saturated heterocycles. The summed E-state index contributed by atoms with van der Waals surface area (Å²) in [5.41, 5.74) is 1.77. The van der Waals surface area contributed by atoms with Crippen molar-refractivity contribution in [1.29, 1.82) is 0 Å². The summed E-state index contributed by atoms with van der Waals surface area (Å²) >= 11 is 6.30. The fourth-order valence-electron chi connectivity index (χ4n) is 5.06. The van der Waals surface area contributed by atoms with Crippen LogP contribution in [0, 0.1) is 0 Å². The zero-order chi connectivity index (χ0) is 33.8. The predicted molar refractivity (Wildman–Crippen MR) is 184 cm³/mol. The topological polar surface area (TPSA) is 105 Å². The highest BCUT2D eigenvalue weighted by atomic mass is 35.5. The smallest absolute Gasteiger partial charge is 0.264 e. The van der Waals surface area contributed by atoms with Gasteiger partial charge in [0.05, 0.1) is 24.8 Å². The third kappa shape index (κ3) is 9.49. The molecule has 0 radical (unpaired) electrons. The van der Waals surface area contributed by atoms with Gasteiger partial charge >= 0.3 is 0 Å². The van der Waals surface area contributed by atoms with Crippen molar-refractivity contribution in [2.24, 2.45) is 0 Å². The zero-order valence-corrected chi connectivity index (χ0v) is 28.3. The maximum absolute atomic E-state index is 14.6. The molecule has 4 rings (SSSR count). The Morgan fingerprint density at radius 3 is 2.17 bits per heavy atom. The number of methoxy groups -OCH3 is 2. The van der Waals surface area contributed by atoms with Gasteiger partial charge in [0.2, 0.25) is 11.8 Å². The fourth-order valence-corrected chi connectivity index (χ4v) is 6.65. The number of nitrogens with one attached hydrogen (secondary N) is 1. The van der Waals surface area contributed by atoms with Gasteiger partial charge in [0.25, 0.3) is 10.0 Å². The highest BCUT2D eigenvalue weighted by Crippen LogP contribution is 2.28. The van der Waals surface area contributed by atoms with E-state index in [4.69, 9.17) is 21.1 Å². The maximum Gasteiger partial charge on any atom is 0.264 e. The third-order valence-corrected chi connectivity index (χ3v) is 9.63. The van der Waals surface area contributed by atoms with Gasteiger partial charge in [0, 0.05) is 24.5 Å². The second-order valence-corrected chi connectivity index (χ2v) is 13.2. The molecule has 47 heavy (non-hydrogen) atoms. The molecule has 0 aliphatic rings. The Bertz CT molecular complexity index is 1740. The molecular weight excluding hydrogens is 638 g/mol. The lowest BCUT2D eigenvalue weighted by Crippen LogP contribution is -2.53. The summed E-state index contributed by atoms with van der Waals surface area (Å²) in [4.78, 5) is 29.9. The van der Waals surface area contributed by atoms with Crippen molar-refractivity contribution in [3.8, 4) is 11.5 Å². The molecule has 2 amide bonds. The van der Waals surface area contributed by atoms with E-state index in [0.29, 0.717) is 28.6 Å². The second kappa shape index (κ2) is 16.9. The molecule has 0 fully saturated rings. The second-order valence-electron chi connectivity index (χ2n) is 10.9. The summed E-state index contributed by atoms with van der Waals surface area (Å²) in [5, 5.41) is 3.29. The molecule has 0 bridgehead atoms. The summed E-state index contributed by atoms with van der Waals surface area (Å²) in [5.74, 6) is 0.170. The van der Waals surface area contributed by atoms with Gasteiger partial charge < -0.3 is 19.7 Å². The number of anilines is 1. The summed E-state index contributed by atoms with van der Waals surface area (Å²) in [6.45, 7) is 1.91. The summed E-state index contributed by atoms with van der Waals surface area (Å²) in [6, 6.07) is 27.9. The van der Waals surface area contributed by atoms with Crippen LogP contribution in [0.2, 0.25) is 5.02 Å². The number of halogens is 1. The van der Waals surface area contributed by atoms with Gasteiger partial charge in [-0.05, 0) is 72.1 Å². The van der Waals surface area contributed by atoms with Crippen LogP contribution in [0.25, 0.3) is 0 Å². The number of nitrogens with zero attached hydrogens (tertiary/aromatic N) is 2. The molecular formula is C36H40ClN3O6S. The highest BCUT2D eigenvalue weighted by Gasteiger charge is 2.34. The molecule has 0 aliphatic carbocycles. The Balaban J connectivity index is 1.80. The standard InChI is InChI=1S/C36H40ClN3O6S/c1-4-5-21-38-36(42)34(23-27-11-7-6-8-12-27)39(25-28-13-9-16-32(22-28)46-3)35(41)26-40(30-15-10-14-29(37)24-30)47(43,44)33-19-17-31(45-2)18-20-33/h6-20,22,24,34H,4-5,21,23,25-26H2,1-3H3,(H,38,42). The number of hydrogen-bond donors (Lipinski definition) is 1. The van der Waals surface area contributed by atoms with E-state index in [1.54, 1.807) is 43.5 Å². The number of carbonyl (C=O) groups excluding carboxylic acids is 2. The minimum atomic E-state index is -4.28. The van der Waals surface area contributed by atoms with Crippen LogP contribution in [0.1, 0.15) is 30.9 Å². The molecule has 0 saturated carbocycles. The van der Waals surface area contributed by atoms with Crippen molar-refractivity contribution < 1.29 is 27.5 Å². The van der Waals surface area contributed by atoms with Gasteiger partial charge in [-0.15, -0.1) is 0 Å². The Hall–Kier alpha value is -4.54. The predicted octanol–water partition coefficient (Wildman–Crippen LogP) is 6.11. The molecule has 4 aromatic rings. The van der Waals surface area contributed by atoms with Gasteiger partial charge in [0.1, 0.15) is 24.1 Å². The Kier molecular flexibility index (Phi) is 12.7. The fraction of sp³-hybridized carbons (Fsp3) is 0.278. The lowest BCUT2D eigenvalue weighted by Gasteiger charge is -2.34. The minimum absolute atomic E-state index is 0.0285. The molecule has 0 spiro atoms. The van der Waals surface area contributed by atoms with E-state index in [1.165, 1.54) is 42.3 Å². The number of rotatable bonds is 16. The van der Waals surface area contributed by atoms with Gasteiger partial charge in [-0.25, -0.2) is 8.42 Å². The van der Waals surface area contributed by atoms with Crippen molar-refractivity contribution in [2.45, 2.75) is 43.7 Å². The quantitative estimate of drug-likeness (QED) is 0.144. The van der Waals surface area contributed by atoms with E-state index in [-0.39, 0.29) is 29.5 Å². The van der Waals surface area contributed by atoms with Gasteiger partial charge in [0.15, 0.2) is 0 Å². The molecule has 1 unspecified atom stereocenters. The van der Waals surface area contributed by atoms with E-state index in [2.05, 4.69) is 5.32 Å². The van der Waals surface area contributed by atoms with Crippen molar-refractivity contribution in [3.63, 3.8) is 0 Å². The number of unbranched alkanes of at least 4 members (excludes halogenated alkanes) is 1. The van der Waals surface area contributed by atoms with Crippen LogP contribution < -0.4 is 19.1 Å². The lowest BCUT2D eigenvalue weighted by molar-refractivity contribution is -0.140. The Morgan fingerprint density at radius 2 is 1.51 bits per heavy atom. The number of sulfonamides is 1. The average Bonchev–Trinajstić information content (AvgIpc) is 3.09. The van der Waals surface area contributed by atoms with Crippen molar-refractivity contribution >= 4 is 39.1 Å². The monoisotopic (exact) mass is 677 g/mol. The van der Waals surface area contributed by atoms with Crippen LogP contribution in [0.5, 0.6) is 11.5 Å². The van der Waals surface area contributed by atoms with Gasteiger partial charge in [-0.3, -0.25) is 13.9 Å². The first kappa shape index (κ1) is 35.3. The first-order chi connectivity index (χ1) is 22.7. The van der Waals surface area contributed by atoms with Crippen LogP contribution in [0.3, 0.4) is 0 Å². The van der Waals surface area contributed by atoms with Crippen LogP contribution in [-0.4, -0.2) is 58.5 Å². The first-order valence-electron chi connectivity index (χ1n) is 15.3. The van der Waals surface area contributed by atoms with E-state index in [0.717, 1.165) is 22.7 Å². The maximum atomic E-state index is 14.6. The molecule has 1 atom stereocenters. The van der Waals surface area contributed by atoms with Crippen LogP contribution in [-0.2, 0) is 32.6 Å². The SMILES string of the molecule is CCCCNC(=O)C(Cc1ccccc1)N(Cc1cccc(OC)c1)C(=O)CN(c1cccc(Cl)c1)S(=O)(=O)c1ccc(OC)cc1. The molecule has 11 heteroatoms. The largest absolute Gasteiger partial charge is 0.497 e. The molecule has 248 valence electrons. The first-order valence-corrected chi connectivity index (χ1v) is 17.1. The molecule has 9 nitrogen and oxygen atoms in total. The van der Waals surface area contributed by atoms with Crippen molar-refractivity contribution in [2.75, 3.05) is 31.6 Å². The molecule has 1 N–H and O–H groups in total. The van der Waals surface area contributed by atoms with Crippen molar-refractivity contribution in [3.05, 3.63) is 119 Å². The number of ether oxygens (including phenoxy) is 2. The third-order valence-electron chi connectivity index (χ3n) is 7.61. The zero-order valence-electron chi connectivity index (χ0n) is 26.8. The lowest BCUT2D eigenvalue weighted by atomic mass is 10.0. The summed E-state index contributed by atoms with van der Waals surface area (Å²) < 4.78 is 40.0. The van der Waals surface area contributed by atoms with Crippen LogP contribution >= 0.6 is 11.6 Å². The average molecular weight is 678 g/mol. The molecule has 0 aromatic heterocycles. The number of carbonyl (C=O) groups is 2. The van der Waals surface area contributed by atoms with E-state index < -0.39 is 28.5 Å². The van der Waals surface area contributed by atoms with E-state index >= 15 is 0 Å². The number of hydrogen-bond acceptors (Lipinski definition) is 6. The van der Waals surface area contributed by atoms with E-state index in [9.17, 15) is 18.0 Å². The van der Waals surface area contributed by atoms with Crippen LogP contribution in [0.15, 0.2) is 108 Å². The van der Waals surface area contributed by atoms with Gasteiger partial charge in [-0.2, -0.15) is 0 Å². The highest BCUT2D eigenvalue weighted by molar-refractivity contribution is 7.92. The molecule has 0 aliphatic heterocycles. The Labute approximate surface area is 282 Å². The normalized spacial score (nSPS) is 11.7. The molecule has 4 aromatic carbocycles. The number of benzene rings is 4. The minimum Gasteiger partial charge on any atom is -0.497 e. The van der Waals surface area contributed by atoms with Crippen molar-refractivity contribution in [1.82, 2.24) is 10.2 Å². The Morgan fingerprint density at radius 1 is 0.830 bits per heavy atom. The summed E-state index contributed by atoms with van der Waals surface area (Å²) in [6.07, 6.45) is 1.88. The number of amides is 2. The molecule has 0 heterocycles. The van der Waals surface area contributed by atoms with Gasteiger partial charge in [-0.1, -0.05) is 73.5 Å². The van der Waals surface area contributed by atoms with E-state index in [1.807, 2.05) is 43.3 Å². The summed E-state index contributed by atoms with van der Waals surface area (Å²) in [7, 11) is -1.24. The van der Waals surface area contributed by atoms with Crippen LogP contribution in [0.4, 0.5) is 5.69 Å².